The lowest BCUT2D eigenvalue weighted by atomic mass is 10.2. The van der Waals surface area contributed by atoms with E-state index in [0.29, 0.717) is 17.8 Å². The number of hydrogen-bond donors (Lipinski definition) is 1. The number of aromatic nitrogens is 2. The number of nitrogens with zero attached hydrogens (tertiary/aromatic N) is 5. The molecule has 1 aromatic heterocycles. The SMILES string of the molecule is CNc1ncc([N+](=O)[O-])c(N2CCC(N3CCCC3)C2)n1. The highest BCUT2D eigenvalue weighted by Crippen LogP contribution is 2.30. The van der Waals surface area contributed by atoms with Crippen LogP contribution in [0.15, 0.2) is 6.20 Å². The van der Waals surface area contributed by atoms with Gasteiger partial charge in [0, 0.05) is 26.2 Å². The van der Waals surface area contributed by atoms with Crippen LogP contribution in [0.1, 0.15) is 19.3 Å². The molecule has 3 heterocycles. The molecule has 8 nitrogen and oxygen atoms in total. The van der Waals surface area contributed by atoms with Crippen molar-refractivity contribution in [1.82, 2.24) is 14.9 Å². The van der Waals surface area contributed by atoms with E-state index in [1.165, 1.54) is 19.0 Å². The van der Waals surface area contributed by atoms with Gasteiger partial charge in [0.05, 0.1) is 4.92 Å². The Morgan fingerprint density at radius 3 is 2.81 bits per heavy atom. The third-order valence-corrected chi connectivity index (χ3v) is 4.29. The van der Waals surface area contributed by atoms with Crippen molar-refractivity contribution in [2.24, 2.45) is 0 Å². The van der Waals surface area contributed by atoms with Gasteiger partial charge in [-0.05, 0) is 32.4 Å². The molecule has 0 amide bonds. The Bertz CT molecular complexity index is 531. The summed E-state index contributed by atoms with van der Waals surface area (Å²) in [5, 5.41) is 14.0. The summed E-state index contributed by atoms with van der Waals surface area (Å²) in [4.78, 5) is 23.5. The minimum atomic E-state index is -0.405. The molecule has 0 spiro atoms. The van der Waals surface area contributed by atoms with Gasteiger partial charge in [0.2, 0.25) is 11.8 Å². The average Bonchev–Trinajstić information content (AvgIpc) is 3.17. The number of hydrogen-bond acceptors (Lipinski definition) is 7. The van der Waals surface area contributed by atoms with Crippen molar-refractivity contribution in [3.8, 4) is 0 Å². The van der Waals surface area contributed by atoms with Crippen molar-refractivity contribution in [2.45, 2.75) is 25.3 Å². The van der Waals surface area contributed by atoms with E-state index < -0.39 is 4.92 Å². The van der Waals surface area contributed by atoms with Gasteiger partial charge in [-0.3, -0.25) is 15.0 Å². The predicted molar refractivity (Wildman–Crippen MR) is 79.7 cm³/mol. The fourth-order valence-electron chi connectivity index (χ4n) is 3.19. The highest BCUT2D eigenvalue weighted by atomic mass is 16.6. The van der Waals surface area contributed by atoms with Crippen molar-refractivity contribution < 1.29 is 4.92 Å². The Morgan fingerprint density at radius 2 is 2.14 bits per heavy atom. The van der Waals surface area contributed by atoms with Crippen LogP contribution in [0.4, 0.5) is 17.5 Å². The third kappa shape index (κ3) is 2.76. The maximum absolute atomic E-state index is 11.2. The summed E-state index contributed by atoms with van der Waals surface area (Å²) < 4.78 is 0. The van der Waals surface area contributed by atoms with Gasteiger partial charge in [-0.15, -0.1) is 0 Å². The minimum absolute atomic E-state index is 0.0175. The lowest BCUT2D eigenvalue weighted by Gasteiger charge is -2.23. The predicted octanol–water partition coefficient (Wildman–Crippen LogP) is 1.10. The molecule has 1 unspecified atom stereocenters. The maximum Gasteiger partial charge on any atom is 0.329 e. The van der Waals surface area contributed by atoms with E-state index in [-0.39, 0.29) is 5.69 Å². The summed E-state index contributed by atoms with van der Waals surface area (Å²) in [6, 6.07) is 0.486. The largest absolute Gasteiger partial charge is 0.357 e. The second-order valence-corrected chi connectivity index (χ2v) is 5.54. The van der Waals surface area contributed by atoms with Gasteiger partial charge < -0.3 is 10.2 Å². The summed E-state index contributed by atoms with van der Waals surface area (Å²) >= 11 is 0. The Hall–Kier alpha value is -1.96. The van der Waals surface area contributed by atoms with E-state index in [4.69, 9.17) is 0 Å². The molecule has 21 heavy (non-hydrogen) atoms. The van der Waals surface area contributed by atoms with Crippen LogP contribution in [0, 0.1) is 10.1 Å². The maximum atomic E-state index is 11.2. The van der Waals surface area contributed by atoms with Crippen LogP contribution in [0.5, 0.6) is 0 Å². The summed E-state index contributed by atoms with van der Waals surface area (Å²) in [7, 11) is 1.71. The molecule has 0 aliphatic carbocycles. The molecular weight excluding hydrogens is 272 g/mol. The van der Waals surface area contributed by atoms with Gasteiger partial charge in [0.25, 0.3) is 0 Å². The van der Waals surface area contributed by atoms with Crippen LogP contribution < -0.4 is 10.2 Å². The van der Waals surface area contributed by atoms with E-state index in [9.17, 15) is 10.1 Å². The zero-order chi connectivity index (χ0) is 14.8. The second kappa shape index (κ2) is 5.80. The van der Waals surface area contributed by atoms with Gasteiger partial charge in [-0.1, -0.05) is 0 Å². The minimum Gasteiger partial charge on any atom is -0.357 e. The van der Waals surface area contributed by atoms with Crippen LogP contribution in [0.3, 0.4) is 0 Å². The summed E-state index contributed by atoms with van der Waals surface area (Å²) in [6.07, 6.45) is 4.84. The van der Waals surface area contributed by atoms with E-state index in [1.807, 2.05) is 4.90 Å². The number of anilines is 2. The fourth-order valence-corrected chi connectivity index (χ4v) is 3.19. The molecule has 0 aromatic carbocycles. The van der Waals surface area contributed by atoms with Crippen LogP contribution in [0.2, 0.25) is 0 Å². The third-order valence-electron chi connectivity index (χ3n) is 4.29. The average molecular weight is 292 g/mol. The quantitative estimate of drug-likeness (QED) is 0.656. The molecule has 1 aromatic rings. The molecule has 0 bridgehead atoms. The molecule has 2 aliphatic rings. The number of likely N-dealkylation sites (tertiary alicyclic amines) is 1. The van der Waals surface area contributed by atoms with E-state index >= 15 is 0 Å². The Morgan fingerprint density at radius 1 is 1.38 bits per heavy atom. The topological polar surface area (TPSA) is 87.4 Å². The van der Waals surface area contributed by atoms with Gasteiger partial charge in [0.15, 0.2) is 0 Å². The number of nitrogens with one attached hydrogen (secondary N) is 1. The molecule has 1 N–H and O–H groups in total. The van der Waals surface area contributed by atoms with Crippen molar-refractivity contribution >= 4 is 17.5 Å². The van der Waals surface area contributed by atoms with Gasteiger partial charge in [-0.25, -0.2) is 4.98 Å². The molecule has 114 valence electrons. The smallest absolute Gasteiger partial charge is 0.329 e. The summed E-state index contributed by atoms with van der Waals surface area (Å²) in [6.45, 7) is 3.90. The van der Waals surface area contributed by atoms with Gasteiger partial charge in [-0.2, -0.15) is 4.98 Å². The standard InChI is InChI=1S/C13H20N6O2/c1-14-13-15-8-11(19(20)21)12(16-13)18-7-4-10(9-18)17-5-2-3-6-17/h8,10H,2-7,9H2,1H3,(H,14,15,16). The summed E-state index contributed by atoms with van der Waals surface area (Å²) in [5.41, 5.74) is -0.0175. The van der Waals surface area contributed by atoms with Crippen molar-refractivity contribution in [3.63, 3.8) is 0 Å². The van der Waals surface area contributed by atoms with Crippen molar-refractivity contribution in [3.05, 3.63) is 16.3 Å². The molecule has 0 radical (unpaired) electrons. The lowest BCUT2D eigenvalue weighted by molar-refractivity contribution is -0.384. The summed E-state index contributed by atoms with van der Waals surface area (Å²) in [5.74, 6) is 0.848. The molecule has 0 saturated carbocycles. The van der Waals surface area contributed by atoms with Crippen LogP contribution >= 0.6 is 0 Å². The van der Waals surface area contributed by atoms with Crippen molar-refractivity contribution in [2.75, 3.05) is 43.4 Å². The molecule has 2 saturated heterocycles. The van der Waals surface area contributed by atoms with E-state index in [1.54, 1.807) is 7.05 Å². The van der Waals surface area contributed by atoms with E-state index in [0.717, 1.165) is 32.6 Å². The second-order valence-electron chi connectivity index (χ2n) is 5.54. The highest BCUT2D eigenvalue weighted by Gasteiger charge is 2.33. The van der Waals surface area contributed by atoms with Crippen molar-refractivity contribution in [1.29, 1.82) is 0 Å². The van der Waals surface area contributed by atoms with Crippen LogP contribution in [-0.4, -0.2) is 59.1 Å². The van der Waals surface area contributed by atoms with Crippen LogP contribution in [-0.2, 0) is 0 Å². The molecular formula is C13H20N6O2. The monoisotopic (exact) mass is 292 g/mol. The molecule has 2 fully saturated rings. The van der Waals surface area contributed by atoms with Crippen LogP contribution in [0.25, 0.3) is 0 Å². The van der Waals surface area contributed by atoms with E-state index in [2.05, 4.69) is 20.2 Å². The molecule has 1 atom stereocenters. The Balaban J connectivity index is 1.81. The molecule has 2 aliphatic heterocycles. The first-order valence-corrected chi connectivity index (χ1v) is 7.37. The first kappa shape index (κ1) is 14.0. The van der Waals surface area contributed by atoms with Gasteiger partial charge >= 0.3 is 5.69 Å². The number of nitro groups is 1. The first-order chi connectivity index (χ1) is 10.2. The zero-order valence-electron chi connectivity index (χ0n) is 12.2. The van der Waals surface area contributed by atoms with Gasteiger partial charge in [0.1, 0.15) is 6.20 Å². The first-order valence-electron chi connectivity index (χ1n) is 7.37. The fraction of sp³-hybridized carbons (Fsp3) is 0.692. The highest BCUT2D eigenvalue weighted by molar-refractivity contribution is 5.59. The normalized spacial score (nSPS) is 22.7. The molecule has 3 rings (SSSR count). The lowest BCUT2D eigenvalue weighted by Crippen LogP contribution is -2.35. The Labute approximate surface area is 123 Å². The Kier molecular flexibility index (Phi) is 3.87. The molecule has 8 heteroatoms. The number of rotatable bonds is 4. The zero-order valence-corrected chi connectivity index (χ0v) is 12.2.